The molecular weight excluding hydrogens is 210 g/mol. The summed E-state index contributed by atoms with van der Waals surface area (Å²) in [5, 5.41) is 0. The van der Waals surface area contributed by atoms with Crippen LogP contribution in [0.2, 0.25) is 0 Å². The van der Waals surface area contributed by atoms with E-state index in [4.69, 9.17) is 4.74 Å². The first-order valence-electron chi connectivity index (χ1n) is 7.09. The lowest BCUT2D eigenvalue weighted by Gasteiger charge is -2.32. The van der Waals surface area contributed by atoms with E-state index in [0.717, 1.165) is 25.5 Å². The van der Waals surface area contributed by atoms with Crippen LogP contribution in [0.5, 0.6) is 0 Å². The summed E-state index contributed by atoms with van der Waals surface area (Å²) in [6.45, 7) is 19.1. The van der Waals surface area contributed by atoms with Crippen molar-refractivity contribution >= 4 is 0 Å². The molecule has 0 unspecified atom stereocenters. The van der Waals surface area contributed by atoms with Crippen LogP contribution in [0.15, 0.2) is 0 Å². The van der Waals surface area contributed by atoms with Gasteiger partial charge in [0, 0.05) is 19.2 Å². The van der Waals surface area contributed by atoms with Crippen LogP contribution >= 0.6 is 0 Å². The Bertz CT molecular complexity index is 164. The molecule has 106 valence electrons. The number of hydrogen-bond donors (Lipinski definition) is 0. The van der Waals surface area contributed by atoms with Crippen LogP contribution in [0.3, 0.4) is 0 Å². The van der Waals surface area contributed by atoms with Crippen LogP contribution in [0.4, 0.5) is 0 Å². The molecule has 0 spiro atoms. The molecule has 0 saturated carbocycles. The molecule has 0 aliphatic rings. The van der Waals surface area contributed by atoms with Crippen molar-refractivity contribution in [2.75, 3.05) is 20.2 Å². The van der Waals surface area contributed by atoms with E-state index in [1.165, 1.54) is 0 Å². The largest absolute Gasteiger partial charge is 0.374 e. The minimum Gasteiger partial charge on any atom is -0.374 e. The lowest BCUT2D eigenvalue weighted by Crippen LogP contribution is -2.42. The molecule has 0 aromatic rings. The van der Waals surface area contributed by atoms with Gasteiger partial charge in [-0.15, -0.1) is 0 Å². The molecule has 0 radical (unpaired) electrons. The number of nitrogens with zero attached hydrogens (tertiary/aromatic N) is 1. The first-order valence-corrected chi connectivity index (χ1v) is 7.09. The summed E-state index contributed by atoms with van der Waals surface area (Å²) < 4.78 is 5.92. The van der Waals surface area contributed by atoms with Crippen LogP contribution in [0.1, 0.15) is 61.8 Å². The zero-order valence-electron chi connectivity index (χ0n) is 13.6. The third kappa shape index (κ3) is 12.2. The van der Waals surface area contributed by atoms with Gasteiger partial charge in [0.15, 0.2) is 0 Å². The Kier molecular flexibility index (Phi) is 11.2. The van der Waals surface area contributed by atoms with E-state index >= 15 is 0 Å². The first kappa shape index (κ1) is 19.3. The van der Waals surface area contributed by atoms with Gasteiger partial charge in [0.05, 0.1) is 5.60 Å². The fourth-order valence-electron chi connectivity index (χ4n) is 1.40. The fourth-order valence-corrected chi connectivity index (χ4v) is 1.40. The molecule has 0 amide bonds. The van der Waals surface area contributed by atoms with Gasteiger partial charge in [-0.1, -0.05) is 27.7 Å². The van der Waals surface area contributed by atoms with E-state index in [0.29, 0.717) is 6.04 Å². The minimum atomic E-state index is -0.0338. The zero-order chi connectivity index (χ0) is 14.1. The van der Waals surface area contributed by atoms with Gasteiger partial charge in [-0.25, -0.2) is 0 Å². The van der Waals surface area contributed by atoms with Crippen molar-refractivity contribution in [3.8, 4) is 0 Å². The second-order valence-corrected chi connectivity index (χ2v) is 5.80. The fraction of sp³-hybridized carbons (Fsp3) is 1.00. The third-order valence-corrected chi connectivity index (χ3v) is 2.70. The Labute approximate surface area is 110 Å². The van der Waals surface area contributed by atoms with E-state index in [2.05, 4.69) is 53.5 Å². The van der Waals surface area contributed by atoms with Gasteiger partial charge in [0.2, 0.25) is 0 Å². The molecule has 0 atom stereocenters. The van der Waals surface area contributed by atoms with Crippen molar-refractivity contribution in [3.63, 3.8) is 0 Å². The SMILES string of the molecule is CC.CC(C)CCOC(C)(C)CN(C)C(C)C. The summed E-state index contributed by atoms with van der Waals surface area (Å²) in [4.78, 5) is 2.33. The summed E-state index contributed by atoms with van der Waals surface area (Å²) >= 11 is 0. The summed E-state index contributed by atoms with van der Waals surface area (Å²) in [5.74, 6) is 0.726. The van der Waals surface area contributed by atoms with Crippen LogP contribution in [-0.2, 0) is 4.74 Å². The van der Waals surface area contributed by atoms with Gasteiger partial charge < -0.3 is 9.64 Å². The van der Waals surface area contributed by atoms with E-state index in [1.54, 1.807) is 0 Å². The summed E-state index contributed by atoms with van der Waals surface area (Å²) in [7, 11) is 2.15. The van der Waals surface area contributed by atoms with E-state index < -0.39 is 0 Å². The predicted octanol–water partition coefficient (Wildman–Crippen LogP) is 4.19. The Hall–Kier alpha value is -0.0800. The van der Waals surface area contributed by atoms with E-state index in [1.807, 2.05) is 13.8 Å². The molecule has 0 fully saturated rings. The predicted molar refractivity (Wildman–Crippen MR) is 78.6 cm³/mol. The number of ether oxygens (including phenoxy) is 1. The maximum Gasteiger partial charge on any atom is 0.0752 e. The molecule has 0 rings (SSSR count). The Morgan fingerprint density at radius 2 is 1.53 bits per heavy atom. The molecule has 17 heavy (non-hydrogen) atoms. The van der Waals surface area contributed by atoms with Crippen molar-refractivity contribution in [2.24, 2.45) is 5.92 Å². The number of hydrogen-bond acceptors (Lipinski definition) is 2. The average Bonchev–Trinajstić information content (AvgIpc) is 2.18. The van der Waals surface area contributed by atoms with Gasteiger partial charge in [-0.2, -0.15) is 0 Å². The van der Waals surface area contributed by atoms with E-state index in [9.17, 15) is 0 Å². The zero-order valence-corrected chi connectivity index (χ0v) is 13.6. The van der Waals surface area contributed by atoms with Crippen LogP contribution in [0.25, 0.3) is 0 Å². The highest BCUT2D eigenvalue weighted by Gasteiger charge is 2.21. The standard InChI is InChI=1S/C13H29NO.C2H6/c1-11(2)8-9-15-13(5,6)10-14(7)12(3)4;1-2/h11-12H,8-10H2,1-7H3;1-2H3. The summed E-state index contributed by atoms with van der Waals surface area (Å²) in [6.07, 6.45) is 1.15. The highest BCUT2D eigenvalue weighted by molar-refractivity contribution is 4.74. The molecular formula is C15H35NO. The third-order valence-electron chi connectivity index (χ3n) is 2.70. The highest BCUT2D eigenvalue weighted by atomic mass is 16.5. The minimum absolute atomic E-state index is 0.0338. The average molecular weight is 245 g/mol. The van der Waals surface area contributed by atoms with Crippen LogP contribution in [-0.4, -0.2) is 36.7 Å². The topological polar surface area (TPSA) is 12.5 Å². The molecule has 0 aliphatic heterocycles. The van der Waals surface area contributed by atoms with Gasteiger partial charge >= 0.3 is 0 Å². The van der Waals surface area contributed by atoms with Crippen molar-refractivity contribution in [3.05, 3.63) is 0 Å². The Morgan fingerprint density at radius 3 is 1.88 bits per heavy atom. The molecule has 2 nitrogen and oxygen atoms in total. The maximum absolute atomic E-state index is 5.92. The smallest absolute Gasteiger partial charge is 0.0752 e. The first-order chi connectivity index (χ1) is 7.74. The molecule has 0 N–H and O–H groups in total. The molecule has 0 saturated heterocycles. The number of rotatable bonds is 7. The van der Waals surface area contributed by atoms with Crippen molar-refractivity contribution < 1.29 is 4.74 Å². The molecule has 2 heteroatoms. The van der Waals surface area contributed by atoms with Crippen molar-refractivity contribution in [1.29, 1.82) is 0 Å². The van der Waals surface area contributed by atoms with Crippen molar-refractivity contribution in [2.45, 2.75) is 73.5 Å². The second kappa shape index (κ2) is 9.90. The normalized spacial score (nSPS) is 12.0. The van der Waals surface area contributed by atoms with Gasteiger partial charge in [-0.05, 0) is 47.1 Å². The van der Waals surface area contributed by atoms with Crippen LogP contribution in [0, 0.1) is 5.92 Å². The van der Waals surface area contributed by atoms with Gasteiger partial charge in [0.25, 0.3) is 0 Å². The van der Waals surface area contributed by atoms with Gasteiger partial charge in [0.1, 0.15) is 0 Å². The molecule has 0 aromatic carbocycles. The molecule has 0 aliphatic carbocycles. The van der Waals surface area contributed by atoms with Gasteiger partial charge in [-0.3, -0.25) is 0 Å². The lowest BCUT2D eigenvalue weighted by atomic mass is 10.1. The molecule has 0 aromatic heterocycles. The monoisotopic (exact) mass is 245 g/mol. The summed E-state index contributed by atoms with van der Waals surface area (Å²) in [6, 6.07) is 0.581. The number of likely N-dealkylation sites (N-methyl/N-ethyl adjacent to an activating group) is 1. The quantitative estimate of drug-likeness (QED) is 0.666. The molecule has 0 heterocycles. The van der Waals surface area contributed by atoms with Crippen LogP contribution < -0.4 is 0 Å². The lowest BCUT2D eigenvalue weighted by molar-refractivity contribution is -0.0440. The van der Waals surface area contributed by atoms with Crippen molar-refractivity contribution in [1.82, 2.24) is 4.90 Å². The maximum atomic E-state index is 5.92. The van der Waals surface area contributed by atoms with E-state index in [-0.39, 0.29) is 5.60 Å². The summed E-state index contributed by atoms with van der Waals surface area (Å²) in [5.41, 5.74) is -0.0338. The Morgan fingerprint density at radius 1 is 1.06 bits per heavy atom. The molecule has 0 bridgehead atoms. The second-order valence-electron chi connectivity index (χ2n) is 5.80. The highest BCUT2D eigenvalue weighted by Crippen LogP contribution is 2.14. The Balaban J connectivity index is 0.